The van der Waals surface area contributed by atoms with Crippen molar-refractivity contribution in [3.63, 3.8) is 0 Å². The normalized spacial score (nSPS) is 13.8. The molecule has 0 bridgehead atoms. The highest BCUT2D eigenvalue weighted by Gasteiger charge is 2.25. The summed E-state index contributed by atoms with van der Waals surface area (Å²) in [6.45, 7) is 3.60. The highest BCUT2D eigenvalue weighted by atomic mass is 16.2. The number of nitrogens with zero attached hydrogens (tertiary/aromatic N) is 3. The van der Waals surface area contributed by atoms with Gasteiger partial charge in [-0.15, -0.1) is 10.2 Å². The number of carbonyl (C=O) groups excluding carboxylic acids is 1. The van der Waals surface area contributed by atoms with E-state index in [1.807, 2.05) is 42.8 Å². The summed E-state index contributed by atoms with van der Waals surface area (Å²) in [5.41, 5.74) is 6.69. The Morgan fingerprint density at radius 2 is 2.05 bits per heavy atom. The molecule has 0 fully saturated rings. The number of anilines is 1. The molecule has 2 rings (SSSR count). The van der Waals surface area contributed by atoms with Gasteiger partial charge in [0.1, 0.15) is 6.33 Å². The van der Waals surface area contributed by atoms with E-state index in [1.165, 1.54) is 0 Å². The molecule has 0 radical (unpaired) electrons. The summed E-state index contributed by atoms with van der Waals surface area (Å²) in [5, 5.41) is 10.7. The molecule has 1 amide bonds. The Hall–Kier alpha value is -2.21. The molecule has 2 aromatic rings. The first-order valence-corrected chi connectivity index (χ1v) is 6.49. The van der Waals surface area contributed by atoms with Crippen LogP contribution in [0.25, 0.3) is 11.4 Å². The van der Waals surface area contributed by atoms with Crippen LogP contribution in [0.2, 0.25) is 0 Å². The Kier molecular flexibility index (Phi) is 3.85. The topological polar surface area (TPSA) is 85.8 Å². The van der Waals surface area contributed by atoms with Gasteiger partial charge < -0.3 is 15.6 Å². The summed E-state index contributed by atoms with van der Waals surface area (Å²) in [7, 11) is 1.88. The van der Waals surface area contributed by atoms with E-state index in [9.17, 15) is 4.79 Å². The number of nitrogens with one attached hydrogen (secondary N) is 1. The van der Waals surface area contributed by atoms with E-state index >= 15 is 0 Å². The molecule has 20 heavy (non-hydrogen) atoms. The summed E-state index contributed by atoms with van der Waals surface area (Å²) < 4.78 is 1.83. The number of aromatic nitrogens is 3. The Bertz CT molecular complexity index is 600. The molecule has 0 aliphatic rings. The first-order chi connectivity index (χ1) is 9.44. The second kappa shape index (κ2) is 5.42. The van der Waals surface area contributed by atoms with Crippen molar-refractivity contribution < 1.29 is 4.79 Å². The molecule has 1 atom stereocenters. The lowest BCUT2D eigenvalue weighted by atomic mass is 9.99. The molecule has 1 aromatic heterocycles. The Labute approximate surface area is 118 Å². The Morgan fingerprint density at radius 3 is 2.55 bits per heavy atom. The second-order valence-electron chi connectivity index (χ2n) is 5.07. The lowest BCUT2D eigenvalue weighted by Crippen LogP contribution is -2.47. The molecule has 1 heterocycles. The van der Waals surface area contributed by atoms with Gasteiger partial charge in [0.25, 0.3) is 0 Å². The van der Waals surface area contributed by atoms with Crippen LogP contribution in [0.5, 0.6) is 0 Å². The third-order valence-corrected chi connectivity index (χ3v) is 3.37. The van der Waals surface area contributed by atoms with Gasteiger partial charge >= 0.3 is 0 Å². The van der Waals surface area contributed by atoms with Crippen LogP contribution < -0.4 is 11.1 Å². The van der Waals surface area contributed by atoms with Gasteiger partial charge in [0.2, 0.25) is 5.91 Å². The number of amides is 1. The molecule has 6 heteroatoms. The molecule has 0 saturated carbocycles. The van der Waals surface area contributed by atoms with Crippen LogP contribution in [0.15, 0.2) is 30.6 Å². The average molecular weight is 273 g/mol. The summed E-state index contributed by atoms with van der Waals surface area (Å²) in [6.07, 6.45) is 2.22. The van der Waals surface area contributed by atoms with E-state index in [-0.39, 0.29) is 5.91 Å². The first-order valence-electron chi connectivity index (χ1n) is 6.49. The van der Waals surface area contributed by atoms with Gasteiger partial charge in [-0.3, -0.25) is 4.79 Å². The van der Waals surface area contributed by atoms with Gasteiger partial charge in [0.15, 0.2) is 5.82 Å². The van der Waals surface area contributed by atoms with Crippen LogP contribution in [0.3, 0.4) is 0 Å². The molecule has 106 valence electrons. The standard InChI is InChI=1S/C14H19N5O/c1-4-14(2,15)13(20)17-11-7-5-10(6-8-11)12-18-16-9-19(12)3/h5-9H,4,15H2,1-3H3,(H,17,20). The quantitative estimate of drug-likeness (QED) is 0.885. The Morgan fingerprint density at radius 1 is 1.40 bits per heavy atom. The van der Waals surface area contributed by atoms with Gasteiger partial charge in [-0.1, -0.05) is 6.92 Å². The van der Waals surface area contributed by atoms with Crippen LogP contribution in [0.1, 0.15) is 20.3 Å². The van der Waals surface area contributed by atoms with E-state index in [4.69, 9.17) is 5.73 Å². The van der Waals surface area contributed by atoms with Crippen molar-refractivity contribution in [2.24, 2.45) is 12.8 Å². The summed E-state index contributed by atoms with van der Waals surface area (Å²) >= 11 is 0. The molecule has 1 unspecified atom stereocenters. The van der Waals surface area contributed by atoms with Gasteiger partial charge in [0.05, 0.1) is 5.54 Å². The highest BCUT2D eigenvalue weighted by Crippen LogP contribution is 2.19. The predicted octanol–water partition coefficient (Wildman–Crippen LogP) is 1.55. The molecular weight excluding hydrogens is 254 g/mol. The van der Waals surface area contributed by atoms with Crippen molar-refractivity contribution in [2.75, 3.05) is 5.32 Å². The van der Waals surface area contributed by atoms with Crippen LogP contribution in [0.4, 0.5) is 5.69 Å². The van der Waals surface area contributed by atoms with Crippen molar-refractivity contribution in [1.29, 1.82) is 0 Å². The van der Waals surface area contributed by atoms with Crippen LogP contribution in [0, 0.1) is 0 Å². The number of carbonyl (C=O) groups is 1. The first kappa shape index (κ1) is 14.2. The number of rotatable bonds is 4. The summed E-state index contributed by atoms with van der Waals surface area (Å²) in [6, 6.07) is 7.43. The van der Waals surface area contributed by atoms with Crippen LogP contribution >= 0.6 is 0 Å². The molecule has 0 aliphatic carbocycles. The third kappa shape index (κ3) is 2.85. The zero-order valence-corrected chi connectivity index (χ0v) is 11.9. The largest absolute Gasteiger partial charge is 0.325 e. The van der Waals surface area contributed by atoms with E-state index < -0.39 is 5.54 Å². The lowest BCUT2D eigenvalue weighted by Gasteiger charge is -2.21. The molecule has 0 spiro atoms. The number of hydrogen-bond acceptors (Lipinski definition) is 4. The maximum Gasteiger partial charge on any atom is 0.244 e. The van der Waals surface area contributed by atoms with Crippen molar-refractivity contribution >= 4 is 11.6 Å². The van der Waals surface area contributed by atoms with E-state index in [0.717, 1.165) is 11.4 Å². The fraction of sp³-hybridized carbons (Fsp3) is 0.357. The molecule has 0 aliphatic heterocycles. The SMILES string of the molecule is CCC(C)(N)C(=O)Nc1ccc(-c2nncn2C)cc1. The van der Waals surface area contributed by atoms with E-state index in [0.29, 0.717) is 12.1 Å². The number of benzene rings is 1. The minimum absolute atomic E-state index is 0.189. The summed E-state index contributed by atoms with van der Waals surface area (Å²) in [4.78, 5) is 12.0. The minimum atomic E-state index is -0.859. The van der Waals surface area contributed by atoms with Gasteiger partial charge in [-0.25, -0.2) is 0 Å². The molecule has 0 saturated heterocycles. The number of hydrogen-bond donors (Lipinski definition) is 2. The minimum Gasteiger partial charge on any atom is -0.325 e. The fourth-order valence-corrected chi connectivity index (χ4v) is 1.68. The van der Waals surface area contributed by atoms with Crippen molar-refractivity contribution in [1.82, 2.24) is 14.8 Å². The maximum absolute atomic E-state index is 12.0. The van der Waals surface area contributed by atoms with Gasteiger partial charge in [0, 0.05) is 18.3 Å². The third-order valence-electron chi connectivity index (χ3n) is 3.37. The number of nitrogens with two attached hydrogens (primary N) is 1. The molecule has 3 N–H and O–H groups in total. The zero-order chi connectivity index (χ0) is 14.8. The van der Waals surface area contributed by atoms with E-state index in [2.05, 4.69) is 15.5 Å². The zero-order valence-electron chi connectivity index (χ0n) is 11.9. The van der Waals surface area contributed by atoms with E-state index in [1.54, 1.807) is 13.3 Å². The fourth-order valence-electron chi connectivity index (χ4n) is 1.68. The predicted molar refractivity (Wildman–Crippen MR) is 78.0 cm³/mol. The highest BCUT2D eigenvalue weighted by molar-refractivity contribution is 5.97. The average Bonchev–Trinajstić information content (AvgIpc) is 2.86. The van der Waals surface area contributed by atoms with Gasteiger partial charge in [-0.05, 0) is 37.6 Å². The van der Waals surface area contributed by atoms with Crippen LogP contribution in [-0.4, -0.2) is 26.2 Å². The van der Waals surface area contributed by atoms with Crippen molar-refractivity contribution in [3.05, 3.63) is 30.6 Å². The van der Waals surface area contributed by atoms with Crippen molar-refractivity contribution in [2.45, 2.75) is 25.8 Å². The molecular formula is C14H19N5O. The second-order valence-corrected chi connectivity index (χ2v) is 5.07. The monoisotopic (exact) mass is 273 g/mol. The molecule has 6 nitrogen and oxygen atoms in total. The number of aryl methyl sites for hydroxylation is 1. The maximum atomic E-state index is 12.0. The smallest absolute Gasteiger partial charge is 0.244 e. The Balaban J connectivity index is 2.14. The van der Waals surface area contributed by atoms with Crippen molar-refractivity contribution in [3.8, 4) is 11.4 Å². The lowest BCUT2D eigenvalue weighted by molar-refractivity contribution is -0.120. The van der Waals surface area contributed by atoms with Gasteiger partial charge in [-0.2, -0.15) is 0 Å². The van der Waals surface area contributed by atoms with Crippen LogP contribution in [-0.2, 0) is 11.8 Å². The summed E-state index contributed by atoms with van der Waals surface area (Å²) in [5.74, 6) is 0.589. The molecule has 1 aromatic carbocycles.